The van der Waals surface area contributed by atoms with Crippen molar-refractivity contribution in [3.63, 3.8) is 0 Å². The molecule has 0 radical (unpaired) electrons. The second-order valence-electron chi connectivity index (χ2n) is 15.6. The van der Waals surface area contributed by atoms with Gasteiger partial charge >= 0.3 is 5.97 Å². The number of fused-ring (bicyclic) bond motifs is 10. The Hall–Kier alpha value is -5.26. The van der Waals surface area contributed by atoms with Crippen LogP contribution in [0.4, 0.5) is 0 Å². The summed E-state index contributed by atoms with van der Waals surface area (Å²) in [7, 11) is 0. The average molecular weight is 927 g/mol. The van der Waals surface area contributed by atoms with Crippen molar-refractivity contribution in [3.8, 4) is 11.5 Å². The predicted octanol–water partition coefficient (Wildman–Crippen LogP) is 16.8. The molecule has 11 rings (SSSR count). The highest BCUT2D eigenvalue weighted by Crippen LogP contribution is 2.48. The number of thiophene rings is 3. The summed E-state index contributed by atoms with van der Waals surface area (Å²) < 4.78 is 20.6. The van der Waals surface area contributed by atoms with Crippen LogP contribution in [-0.4, -0.2) is 29.8 Å². The molecule has 3 heterocycles. The summed E-state index contributed by atoms with van der Waals surface area (Å²) in [5.74, 6) is 3.34. The maximum Gasteiger partial charge on any atom is 0.335 e. The van der Waals surface area contributed by atoms with Gasteiger partial charge in [0, 0.05) is 109 Å². The van der Waals surface area contributed by atoms with Gasteiger partial charge in [-0.05, 0) is 66.0 Å². The van der Waals surface area contributed by atoms with E-state index in [-0.39, 0.29) is 5.41 Å². The third-order valence-corrected chi connectivity index (χ3v) is 19.7. The number of ether oxygens (including phenoxy) is 2. The van der Waals surface area contributed by atoms with Gasteiger partial charge in [-0.15, -0.1) is 69.3 Å². The Labute approximate surface area is 389 Å². The van der Waals surface area contributed by atoms with Crippen LogP contribution in [-0.2, 0) is 4.79 Å². The van der Waals surface area contributed by atoms with Gasteiger partial charge in [-0.3, -0.25) is 0 Å². The molecule has 308 valence electrons. The first kappa shape index (κ1) is 40.5. The van der Waals surface area contributed by atoms with Crippen LogP contribution in [0, 0.1) is 5.41 Å². The van der Waals surface area contributed by atoms with Gasteiger partial charge in [-0.2, -0.15) is 0 Å². The first-order valence-electron chi connectivity index (χ1n) is 20.6. The molecule has 0 aliphatic heterocycles. The molecule has 0 fully saturated rings. The summed E-state index contributed by atoms with van der Waals surface area (Å²) in [5.41, 5.74) is -0.307. The third kappa shape index (κ3) is 7.90. The minimum absolute atomic E-state index is 0.307. The Morgan fingerprint density at radius 3 is 1.43 bits per heavy atom. The van der Waals surface area contributed by atoms with E-state index < -0.39 is 5.97 Å². The summed E-state index contributed by atoms with van der Waals surface area (Å²) >= 11 is 11.5. The molecule has 0 amide bonds. The number of thioether (sulfide) groups is 3. The standard InChI is InChI=1S/C54H38O3S6/c1-2-50(55)57-35-27-28-36-34(29-35)13-9-20-43(36)56-30-54(31-58-47-24-10-17-40-37-14-3-6-21-44(37)61-51(40)47,32-59-48-25-11-18-41-38-15-4-7-22-45(38)62-52(41)48)33-60-49-26-12-19-42-39-16-5-8-23-46(39)63-53(42)49/h2-29H,1,30-33H2. The Morgan fingerprint density at radius 2 is 0.952 bits per heavy atom. The van der Waals surface area contributed by atoms with E-state index >= 15 is 0 Å². The van der Waals surface area contributed by atoms with Crippen LogP contribution >= 0.6 is 69.3 Å². The molecule has 0 saturated carbocycles. The second kappa shape index (κ2) is 17.4. The fourth-order valence-corrected chi connectivity index (χ4v) is 16.4. The number of esters is 1. The van der Waals surface area contributed by atoms with E-state index in [1.54, 1.807) is 0 Å². The molecule has 0 atom stereocenters. The van der Waals surface area contributed by atoms with Crippen molar-refractivity contribution in [2.45, 2.75) is 14.7 Å². The van der Waals surface area contributed by atoms with E-state index in [1.165, 1.54) is 81.3 Å². The van der Waals surface area contributed by atoms with E-state index in [0.29, 0.717) is 12.4 Å². The number of carbonyl (C=O) groups excluding carboxylic acids is 1. The maximum absolute atomic E-state index is 12.1. The molecule has 9 heteroatoms. The van der Waals surface area contributed by atoms with E-state index in [4.69, 9.17) is 9.47 Å². The monoisotopic (exact) mass is 926 g/mol. The van der Waals surface area contributed by atoms with Crippen LogP contribution in [0.3, 0.4) is 0 Å². The van der Waals surface area contributed by atoms with E-state index in [9.17, 15) is 4.79 Å². The van der Waals surface area contributed by atoms with Gasteiger partial charge in [0.15, 0.2) is 0 Å². The van der Waals surface area contributed by atoms with Crippen LogP contribution < -0.4 is 9.47 Å². The van der Waals surface area contributed by atoms with Crippen molar-refractivity contribution in [1.82, 2.24) is 0 Å². The van der Waals surface area contributed by atoms with E-state index in [2.05, 4.69) is 140 Å². The Balaban J connectivity index is 1.01. The Bertz CT molecular complexity index is 3240. The molecule has 63 heavy (non-hydrogen) atoms. The summed E-state index contributed by atoms with van der Waals surface area (Å²) in [6.45, 7) is 4.06. The molecular formula is C54H38O3S6. The molecule has 0 spiro atoms. The van der Waals surface area contributed by atoms with Crippen molar-refractivity contribution in [3.05, 3.63) is 176 Å². The lowest BCUT2D eigenvalue weighted by Crippen LogP contribution is -2.37. The lowest BCUT2D eigenvalue weighted by Gasteiger charge is -2.33. The number of hydrogen-bond acceptors (Lipinski definition) is 9. The van der Waals surface area contributed by atoms with Crippen LogP contribution in [0.25, 0.3) is 71.3 Å². The average Bonchev–Trinajstić information content (AvgIpc) is 4.03. The third-order valence-electron chi connectivity index (χ3n) is 11.4. The molecule has 11 aromatic rings. The van der Waals surface area contributed by atoms with E-state index in [1.807, 2.05) is 99.6 Å². The normalized spacial score (nSPS) is 12.1. The molecule has 0 unspecified atom stereocenters. The van der Waals surface area contributed by atoms with Crippen LogP contribution in [0.5, 0.6) is 11.5 Å². The van der Waals surface area contributed by atoms with Gasteiger partial charge in [-0.1, -0.05) is 110 Å². The highest BCUT2D eigenvalue weighted by atomic mass is 32.2. The molecule has 0 N–H and O–H groups in total. The molecule has 3 aromatic heterocycles. The second-order valence-corrected chi connectivity index (χ2v) is 21.8. The van der Waals surface area contributed by atoms with Gasteiger partial charge in [0.1, 0.15) is 11.5 Å². The van der Waals surface area contributed by atoms with Crippen molar-refractivity contribution in [2.75, 3.05) is 23.9 Å². The summed E-state index contributed by atoms with van der Waals surface area (Å²) in [4.78, 5) is 16.0. The summed E-state index contributed by atoms with van der Waals surface area (Å²) in [5, 5.41) is 9.78. The Morgan fingerprint density at radius 1 is 0.508 bits per heavy atom. The number of carbonyl (C=O) groups is 1. The van der Waals surface area contributed by atoms with Gasteiger partial charge < -0.3 is 9.47 Å². The van der Waals surface area contributed by atoms with Crippen molar-refractivity contribution >= 4 is 147 Å². The summed E-state index contributed by atoms with van der Waals surface area (Å²) in [6.07, 6.45) is 1.18. The molecular weight excluding hydrogens is 889 g/mol. The number of hydrogen-bond donors (Lipinski definition) is 0. The van der Waals surface area contributed by atoms with Gasteiger partial charge in [0.25, 0.3) is 0 Å². The van der Waals surface area contributed by atoms with Crippen LogP contribution in [0.2, 0.25) is 0 Å². The lowest BCUT2D eigenvalue weighted by molar-refractivity contribution is -0.128. The van der Waals surface area contributed by atoms with Gasteiger partial charge in [0.05, 0.1) is 6.61 Å². The minimum atomic E-state index is -0.483. The number of benzene rings is 8. The largest absolute Gasteiger partial charge is 0.492 e. The lowest BCUT2D eigenvalue weighted by atomic mass is 9.97. The molecule has 0 bridgehead atoms. The van der Waals surface area contributed by atoms with Gasteiger partial charge in [0.2, 0.25) is 0 Å². The summed E-state index contributed by atoms with van der Waals surface area (Å²) in [6, 6.07) is 58.4. The smallest absolute Gasteiger partial charge is 0.335 e. The van der Waals surface area contributed by atoms with Gasteiger partial charge in [-0.25, -0.2) is 4.79 Å². The van der Waals surface area contributed by atoms with E-state index in [0.717, 1.165) is 33.8 Å². The highest BCUT2D eigenvalue weighted by Gasteiger charge is 2.34. The predicted molar refractivity (Wildman–Crippen MR) is 278 cm³/mol. The van der Waals surface area contributed by atoms with Crippen LogP contribution in [0.1, 0.15) is 0 Å². The molecule has 0 aliphatic rings. The maximum atomic E-state index is 12.1. The fourth-order valence-electron chi connectivity index (χ4n) is 8.26. The van der Waals surface area contributed by atoms with Crippen molar-refractivity contribution in [1.29, 1.82) is 0 Å². The molecule has 0 saturated heterocycles. The zero-order valence-electron chi connectivity index (χ0n) is 33.9. The van der Waals surface area contributed by atoms with Crippen molar-refractivity contribution in [2.24, 2.45) is 5.41 Å². The quantitative estimate of drug-likeness (QED) is 0.0468. The molecule has 0 aliphatic carbocycles. The minimum Gasteiger partial charge on any atom is -0.492 e. The first-order valence-corrected chi connectivity index (χ1v) is 26.0. The molecule has 8 aromatic carbocycles. The van der Waals surface area contributed by atoms with Crippen molar-refractivity contribution < 1.29 is 14.3 Å². The zero-order chi connectivity index (χ0) is 42.3. The zero-order valence-corrected chi connectivity index (χ0v) is 38.8. The topological polar surface area (TPSA) is 35.5 Å². The Kier molecular flexibility index (Phi) is 11.2. The molecule has 3 nitrogen and oxygen atoms in total. The fraction of sp³-hybridized carbons (Fsp3) is 0.0926. The number of rotatable bonds is 14. The van der Waals surface area contributed by atoms with Crippen LogP contribution in [0.15, 0.2) is 191 Å². The highest BCUT2D eigenvalue weighted by molar-refractivity contribution is 8.01. The first-order chi connectivity index (χ1) is 31.0. The SMILES string of the molecule is C=CC(=O)Oc1ccc2c(OCC(CSc3cccc4c3sc3ccccc34)(CSc3cccc4c3sc3ccccc34)CSc3cccc4c3sc3ccccc34)cccc2c1.